The van der Waals surface area contributed by atoms with Crippen molar-refractivity contribution in [1.29, 1.82) is 0 Å². The lowest BCUT2D eigenvalue weighted by atomic mass is 10.4. The van der Waals surface area contributed by atoms with Crippen LogP contribution in [0.5, 0.6) is 0 Å². The second-order valence-electron chi connectivity index (χ2n) is 4.33. The summed E-state index contributed by atoms with van der Waals surface area (Å²) in [5, 5.41) is 0. The molecule has 0 heterocycles. The molecule has 0 saturated heterocycles. The molecule has 0 fully saturated rings. The van der Waals surface area contributed by atoms with Crippen LogP contribution in [0, 0.1) is 0 Å². The summed E-state index contributed by atoms with van der Waals surface area (Å²) in [6.07, 6.45) is 3.22. The van der Waals surface area contributed by atoms with Crippen molar-refractivity contribution >= 4 is 10.1 Å². The Hall–Kier alpha value is -0.250. The van der Waals surface area contributed by atoms with Gasteiger partial charge in [-0.2, -0.15) is 8.42 Å². The molecule has 21 heavy (non-hydrogen) atoms. The normalized spacial score (nSPS) is 11.9. The predicted octanol–water partition coefficient (Wildman–Crippen LogP) is 0.829. The minimum absolute atomic E-state index is 0.0278. The number of hydrogen-bond acceptors (Lipinski definition) is 7. The SMILES string of the molecule is CCCCOCCOCCOCCOCCOS(C)(=O)=O. The molecule has 0 radical (unpaired) electrons. The molecule has 0 bridgehead atoms. The smallest absolute Gasteiger partial charge is 0.264 e. The van der Waals surface area contributed by atoms with E-state index >= 15 is 0 Å². The Morgan fingerprint density at radius 3 is 1.43 bits per heavy atom. The molecule has 0 rings (SSSR count). The third kappa shape index (κ3) is 19.8. The average molecular weight is 328 g/mol. The number of hydrogen-bond donors (Lipinski definition) is 0. The summed E-state index contributed by atoms with van der Waals surface area (Å²) in [4.78, 5) is 0. The van der Waals surface area contributed by atoms with Gasteiger partial charge in [-0.25, -0.2) is 0 Å². The maximum atomic E-state index is 10.6. The summed E-state index contributed by atoms with van der Waals surface area (Å²) in [6.45, 7) is 6.21. The Balaban J connectivity index is 3.03. The highest BCUT2D eigenvalue weighted by atomic mass is 32.2. The Kier molecular flexibility index (Phi) is 14.5. The highest BCUT2D eigenvalue weighted by molar-refractivity contribution is 7.85. The van der Waals surface area contributed by atoms with Gasteiger partial charge in [-0.15, -0.1) is 0 Å². The topological polar surface area (TPSA) is 80.3 Å². The van der Waals surface area contributed by atoms with E-state index in [0.29, 0.717) is 39.6 Å². The monoisotopic (exact) mass is 328 g/mol. The quantitative estimate of drug-likeness (QED) is 0.307. The molecule has 0 aliphatic rings. The lowest BCUT2D eigenvalue weighted by molar-refractivity contribution is -0.00456. The molecule has 7 nitrogen and oxygen atoms in total. The first-order valence-electron chi connectivity index (χ1n) is 7.21. The minimum atomic E-state index is -3.38. The molecule has 0 amide bonds. The fourth-order valence-corrected chi connectivity index (χ4v) is 1.62. The van der Waals surface area contributed by atoms with Gasteiger partial charge in [0, 0.05) is 6.61 Å². The van der Waals surface area contributed by atoms with Gasteiger partial charge in [-0.1, -0.05) is 13.3 Å². The molecule has 0 unspecified atom stereocenters. The fourth-order valence-electron chi connectivity index (χ4n) is 1.25. The summed E-state index contributed by atoms with van der Waals surface area (Å²) in [6, 6.07) is 0. The molecule has 0 aromatic rings. The summed E-state index contributed by atoms with van der Waals surface area (Å²) in [7, 11) is -3.38. The van der Waals surface area contributed by atoms with E-state index in [-0.39, 0.29) is 13.2 Å². The second-order valence-corrected chi connectivity index (χ2v) is 5.97. The number of unbranched alkanes of at least 4 members (excludes halogenated alkanes) is 1. The molecule has 0 atom stereocenters. The molecule has 0 aromatic carbocycles. The average Bonchev–Trinajstić information content (AvgIpc) is 2.42. The first kappa shape index (κ1) is 20.8. The van der Waals surface area contributed by atoms with E-state index in [0.717, 1.165) is 25.7 Å². The van der Waals surface area contributed by atoms with Gasteiger partial charge >= 0.3 is 0 Å². The van der Waals surface area contributed by atoms with Gasteiger partial charge in [0.05, 0.1) is 59.1 Å². The van der Waals surface area contributed by atoms with Crippen LogP contribution in [-0.4, -0.2) is 74.1 Å². The van der Waals surface area contributed by atoms with Crippen LogP contribution in [0.3, 0.4) is 0 Å². The zero-order chi connectivity index (χ0) is 15.8. The van der Waals surface area contributed by atoms with Crippen LogP contribution in [0.2, 0.25) is 0 Å². The van der Waals surface area contributed by atoms with Crippen molar-refractivity contribution in [1.82, 2.24) is 0 Å². The summed E-state index contributed by atoms with van der Waals surface area (Å²) in [5.41, 5.74) is 0. The van der Waals surface area contributed by atoms with Gasteiger partial charge < -0.3 is 18.9 Å². The molecule has 0 aliphatic carbocycles. The fraction of sp³-hybridized carbons (Fsp3) is 1.00. The summed E-state index contributed by atoms with van der Waals surface area (Å²) < 4.78 is 46.9. The molecular weight excluding hydrogens is 300 g/mol. The molecule has 0 N–H and O–H groups in total. The molecule has 0 spiro atoms. The molecule has 8 heteroatoms. The van der Waals surface area contributed by atoms with E-state index in [2.05, 4.69) is 11.1 Å². The van der Waals surface area contributed by atoms with Crippen LogP contribution in [0.4, 0.5) is 0 Å². The minimum Gasteiger partial charge on any atom is -0.379 e. The van der Waals surface area contributed by atoms with E-state index in [4.69, 9.17) is 18.9 Å². The maximum Gasteiger partial charge on any atom is 0.264 e. The number of ether oxygens (including phenoxy) is 4. The second kappa shape index (κ2) is 14.7. The lowest BCUT2D eigenvalue weighted by Crippen LogP contribution is -2.14. The van der Waals surface area contributed by atoms with Crippen LogP contribution in [0.1, 0.15) is 19.8 Å². The first-order valence-corrected chi connectivity index (χ1v) is 9.03. The van der Waals surface area contributed by atoms with Gasteiger partial charge in [-0.3, -0.25) is 4.18 Å². The molecule has 0 saturated carbocycles. The van der Waals surface area contributed by atoms with Crippen LogP contribution in [0.15, 0.2) is 0 Å². The Morgan fingerprint density at radius 1 is 0.667 bits per heavy atom. The van der Waals surface area contributed by atoms with Crippen molar-refractivity contribution in [3.63, 3.8) is 0 Å². The van der Waals surface area contributed by atoms with Gasteiger partial charge in [0.15, 0.2) is 0 Å². The number of rotatable bonds is 16. The third-order valence-electron chi connectivity index (χ3n) is 2.28. The zero-order valence-electron chi connectivity index (χ0n) is 13.0. The standard InChI is InChI=1S/C13H28O7S/c1-3-4-5-16-6-7-17-8-9-18-10-11-19-12-13-20-21(2,14)15/h3-13H2,1-2H3. The van der Waals surface area contributed by atoms with Gasteiger partial charge in [0.25, 0.3) is 10.1 Å². The van der Waals surface area contributed by atoms with E-state index in [1.54, 1.807) is 0 Å². The van der Waals surface area contributed by atoms with Crippen LogP contribution in [0.25, 0.3) is 0 Å². The van der Waals surface area contributed by atoms with E-state index < -0.39 is 10.1 Å². The largest absolute Gasteiger partial charge is 0.379 e. The van der Waals surface area contributed by atoms with E-state index in [1.165, 1.54) is 0 Å². The van der Waals surface area contributed by atoms with Gasteiger partial charge in [0.2, 0.25) is 0 Å². The van der Waals surface area contributed by atoms with Crippen molar-refractivity contribution in [3.8, 4) is 0 Å². The molecule has 0 aromatic heterocycles. The van der Waals surface area contributed by atoms with Crippen molar-refractivity contribution in [2.75, 3.05) is 65.7 Å². The van der Waals surface area contributed by atoms with E-state index in [9.17, 15) is 8.42 Å². The molecular formula is C13H28O7S. The lowest BCUT2D eigenvalue weighted by Gasteiger charge is -2.07. The summed E-state index contributed by atoms with van der Waals surface area (Å²) in [5.74, 6) is 0. The van der Waals surface area contributed by atoms with E-state index in [1.807, 2.05) is 0 Å². The first-order chi connectivity index (χ1) is 10.1. The van der Waals surface area contributed by atoms with Crippen LogP contribution < -0.4 is 0 Å². The van der Waals surface area contributed by atoms with Crippen molar-refractivity contribution < 1.29 is 31.5 Å². The maximum absolute atomic E-state index is 10.6. The van der Waals surface area contributed by atoms with Gasteiger partial charge in [-0.05, 0) is 6.42 Å². The predicted molar refractivity (Wildman–Crippen MR) is 79.0 cm³/mol. The summed E-state index contributed by atoms with van der Waals surface area (Å²) >= 11 is 0. The Morgan fingerprint density at radius 2 is 1.05 bits per heavy atom. The van der Waals surface area contributed by atoms with Crippen molar-refractivity contribution in [2.45, 2.75) is 19.8 Å². The van der Waals surface area contributed by atoms with Crippen LogP contribution in [-0.2, 0) is 33.2 Å². The Bertz CT molecular complexity index is 306. The van der Waals surface area contributed by atoms with Crippen molar-refractivity contribution in [3.05, 3.63) is 0 Å². The highest BCUT2D eigenvalue weighted by Crippen LogP contribution is 1.89. The van der Waals surface area contributed by atoms with Gasteiger partial charge in [0.1, 0.15) is 0 Å². The molecule has 0 aliphatic heterocycles. The van der Waals surface area contributed by atoms with Crippen LogP contribution >= 0.6 is 0 Å². The highest BCUT2D eigenvalue weighted by Gasteiger charge is 2.00. The van der Waals surface area contributed by atoms with Crippen molar-refractivity contribution in [2.24, 2.45) is 0 Å². The zero-order valence-corrected chi connectivity index (χ0v) is 13.9. The Labute approximate surface area is 128 Å². The third-order valence-corrected chi connectivity index (χ3v) is 2.88. The molecule has 128 valence electrons.